The highest BCUT2D eigenvalue weighted by atomic mass is 79.9. The fourth-order valence-corrected chi connectivity index (χ4v) is 0.391. The predicted octanol–water partition coefficient (Wildman–Crippen LogP) is 1.15. The molecular weight excluding hydrogens is 168 g/mol. The van der Waals surface area contributed by atoms with Gasteiger partial charge in [0, 0.05) is 4.83 Å². The molecule has 0 aromatic rings. The molecule has 2 unspecified atom stereocenters. The Balaban J connectivity index is 3.47. The molecule has 0 heterocycles. The zero-order valence-corrected chi connectivity index (χ0v) is 6.72. The van der Waals surface area contributed by atoms with Crippen LogP contribution < -0.4 is 5.73 Å². The van der Waals surface area contributed by atoms with E-state index in [0.29, 0.717) is 4.83 Å². The van der Waals surface area contributed by atoms with Crippen LogP contribution in [0.2, 0.25) is 0 Å². The Morgan fingerprint density at radius 2 is 2.12 bits per heavy atom. The van der Waals surface area contributed by atoms with Crippen LogP contribution in [0.5, 0.6) is 0 Å². The van der Waals surface area contributed by atoms with Gasteiger partial charge in [-0.15, -0.1) is 0 Å². The van der Waals surface area contributed by atoms with E-state index in [9.17, 15) is 0 Å². The standard InChI is InChI=1S/C5H11BrN2/c1-4(6)5(2)8-3-7/h3-5H,1-2H3,(H2,7,8). The molecule has 0 aromatic heterocycles. The third-order valence-corrected chi connectivity index (χ3v) is 1.75. The molecule has 0 aliphatic carbocycles. The third-order valence-electron chi connectivity index (χ3n) is 0.986. The van der Waals surface area contributed by atoms with Crippen molar-refractivity contribution < 1.29 is 0 Å². The van der Waals surface area contributed by atoms with Gasteiger partial charge in [-0.3, -0.25) is 4.99 Å². The number of hydrogen-bond donors (Lipinski definition) is 1. The van der Waals surface area contributed by atoms with Gasteiger partial charge in [0.25, 0.3) is 0 Å². The molecule has 48 valence electrons. The Morgan fingerprint density at radius 1 is 1.62 bits per heavy atom. The molecule has 0 saturated heterocycles. The monoisotopic (exact) mass is 178 g/mol. The minimum Gasteiger partial charge on any atom is -0.390 e. The van der Waals surface area contributed by atoms with Crippen molar-refractivity contribution in [2.75, 3.05) is 0 Å². The minimum atomic E-state index is 0.278. The van der Waals surface area contributed by atoms with Gasteiger partial charge < -0.3 is 5.73 Å². The smallest absolute Gasteiger partial charge is 0.0801 e. The summed E-state index contributed by atoms with van der Waals surface area (Å²) in [6.07, 6.45) is 1.34. The maximum Gasteiger partial charge on any atom is 0.0801 e. The van der Waals surface area contributed by atoms with E-state index in [4.69, 9.17) is 5.73 Å². The molecule has 0 bridgehead atoms. The third kappa shape index (κ3) is 3.02. The van der Waals surface area contributed by atoms with Crippen molar-refractivity contribution in [1.29, 1.82) is 0 Å². The normalized spacial score (nSPS) is 18.9. The zero-order valence-electron chi connectivity index (χ0n) is 5.13. The van der Waals surface area contributed by atoms with E-state index in [1.807, 2.05) is 13.8 Å². The quantitative estimate of drug-likeness (QED) is 0.385. The molecule has 0 aliphatic heterocycles. The Hall–Kier alpha value is -0.0500. The van der Waals surface area contributed by atoms with E-state index in [1.54, 1.807) is 0 Å². The van der Waals surface area contributed by atoms with Crippen molar-refractivity contribution in [3.05, 3.63) is 0 Å². The van der Waals surface area contributed by atoms with Crippen LogP contribution in [0.4, 0.5) is 0 Å². The predicted molar refractivity (Wildman–Crippen MR) is 40.5 cm³/mol. The van der Waals surface area contributed by atoms with Crippen LogP contribution in [0, 0.1) is 0 Å². The highest BCUT2D eigenvalue weighted by molar-refractivity contribution is 9.09. The lowest BCUT2D eigenvalue weighted by atomic mass is 10.3. The van der Waals surface area contributed by atoms with Crippen LogP contribution >= 0.6 is 15.9 Å². The van der Waals surface area contributed by atoms with Crippen LogP contribution in [0.15, 0.2) is 4.99 Å². The second-order valence-electron chi connectivity index (χ2n) is 1.72. The number of nitrogens with two attached hydrogens (primary N) is 1. The number of aliphatic imine (C=N–C) groups is 1. The van der Waals surface area contributed by atoms with Crippen LogP contribution in [0.1, 0.15) is 13.8 Å². The molecule has 2 atom stereocenters. The number of hydrogen-bond acceptors (Lipinski definition) is 1. The average molecular weight is 179 g/mol. The summed E-state index contributed by atoms with van der Waals surface area (Å²) in [6, 6.07) is 0.278. The summed E-state index contributed by atoms with van der Waals surface area (Å²) in [7, 11) is 0. The highest BCUT2D eigenvalue weighted by Gasteiger charge is 2.03. The second kappa shape index (κ2) is 3.89. The molecule has 0 spiro atoms. The van der Waals surface area contributed by atoms with Gasteiger partial charge in [-0.25, -0.2) is 0 Å². The van der Waals surface area contributed by atoms with Crippen molar-refractivity contribution in [2.45, 2.75) is 24.7 Å². The summed E-state index contributed by atoms with van der Waals surface area (Å²) >= 11 is 3.37. The Morgan fingerprint density at radius 3 is 2.25 bits per heavy atom. The summed E-state index contributed by atoms with van der Waals surface area (Å²) in [5, 5.41) is 0. The highest BCUT2D eigenvalue weighted by Crippen LogP contribution is 2.05. The lowest BCUT2D eigenvalue weighted by Gasteiger charge is -2.05. The summed E-state index contributed by atoms with van der Waals surface area (Å²) < 4.78 is 0. The zero-order chi connectivity index (χ0) is 6.57. The van der Waals surface area contributed by atoms with Crippen LogP contribution in [0.25, 0.3) is 0 Å². The number of nitrogens with zero attached hydrogens (tertiary/aromatic N) is 1. The van der Waals surface area contributed by atoms with Crippen molar-refractivity contribution >= 4 is 22.3 Å². The fraction of sp³-hybridized carbons (Fsp3) is 0.800. The summed E-state index contributed by atoms with van der Waals surface area (Å²) in [5.74, 6) is 0. The fourth-order valence-electron chi connectivity index (χ4n) is 0.254. The van der Waals surface area contributed by atoms with Crippen molar-refractivity contribution in [3.63, 3.8) is 0 Å². The largest absolute Gasteiger partial charge is 0.390 e. The summed E-state index contributed by atoms with van der Waals surface area (Å²) in [4.78, 5) is 4.33. The van der Waals surface area contributed by atoms with Gasteiger partial charge in [-0.1, -0.05) is 22.9 Å². The lowest BCUT2D eigenvalue weighted by Crippen LogP contribution is -2.11. The maximum absolute atomic E-state index is 5.05. The van der Waals surface area contributed by atoms with Gasteiger partial charge in [-0.05, 0) is 6.92 Å². The van der Waals surface area contributed by atoms with Crippen molar-refractivity contribution in [2.24, 2.45) is 10.7 Å². The van der Waals surface area contributed by atoms with Crippen LogP contribution in [-0.4, -0.2) is 17.2 Å². The van der Waals surface area contributed by atoms with Crippen LogP contribution in [-0.2, 0) is 0 Å². The van der Waals surface area contributed by atoms with Gasteiger partial charge >= 0.3 is 0 Å². The van der Waals surface area contributed by atoms with Gasteiger partial charge in [-0.2, -0.15) is 0 Å². The number of alkyl halides is 1. The van der Waals surface area contributed by atoms with E-state index in [1.165, 1.54) is 6.34 Å². The molecule has 3 heteroatoms. The summed E-state index contributed by atoms with van der Waals surface area (Å²) in [5.41, 5.74) is 5.05. The number of halogens is 1. The van der Waals surface area contributed by atoms with E-state index < -0.39 is 0 Å². The first-order chi connectivity index (χ1) is 3.68. The molecule has 0 fully saturated rings. The maximum atomic E-state index is 5.05. The van der Waals surface area contributed by atoms with E-state index in [-0.39, 0.29) is 6.04 Å². The number of rotatable bonds is 2. The first-order valence-corrected chi connectivity index (χ1v) is 3.47. The molecule has 2 nitrogen and oxygen atoms in total. The minimum absolute atomic E-state index is 0.278. The molecule has 0 aliphatic rings. The van der Waals surface area contributed by atoms with E-state index in [0.717, 1.165) is 0 Å². The average Bonchev–Trinajstić information content (AvgIpc) is 1.67. The first-order valence-electron chi connectivity index (χ1n) is 2.56. The first kappa shape index (κ1) is 7.95. The molecule has 0 rings (SSSR count). The van der Waals surface area contributed by atoms with Gasteiger partial charge in [0.15, 0.2) is 0 Å². The Bertz CT molecular complexity index is 80.5. The van der Waals surface area contributed by atoms with Gasteiger partial charge in [0.05, 0.1) is 12.4 Å². The van der Waals surface area contributed by atoms with Crippen molar-refractivity contribution in [1.82, 2.24) is 0 Å². The van der Waals surface area contributed by atoms with Crippen molar-refractivity contribution in [3.8, 4) is 0 Å². The topological polar surface area (TPSA) is 38.4 Å². The Labute approximate surface area is 58.3 Å². The van der Waals surface area contributed by atoms with E-state index in [2.05, 4.69) is 20.9 Å². The molecule has 0 saturated carbocycles. The van der Waals surface area contributed by atoms with Gasteiger partial charge in [0.2, 0.25) is 0 Å². The SMILES string of the molecule is CC(Br)C(C)N=CN. The molecular formula is C5H11BrN2. The molecule has 0 amide bonds. The van der Waals surface area contributed by atoms with E-state index >= 15 is 0 Å². The molecule has 2 N–H and O–H groups in total. The van der Waals surface area contributed by atoms with Crippen LogP contribution in [0.3, 0.4) is 0 Å². The Kier molecular flexibility index (Phi) is 3.87. The molecule has 0 aromatic carbocycles. The molecule has 8 heavy (non-hydrogen) atoms. The molecule has 0 radical (unpaired) electrons. The second-order valence-corrected chi connectivity index (χ2v) is 3.16. The lowest BCUT2D eigenvalue weighted by molar-refractivity contribution is 0.745. The van der Waals surface area contributed by atoms with Gasteiger partial charge in [0.1, 0.15) is 0 Å². The summed E-state index contributed by atoms with van der Waals surface area (Å²) in [6.45, 7) is 4.04.